The number of benzene rings is 2. The Labute approximate surface area is 184 Å². The van der Waals surface area contributed by atoms with Crippen molar-refractivity contribution in [2.24, 2.45) is 5.92 Å². The van der Waals surface area contributed by atoms with Crippen LogP contribution in [0.2, 0.25) is 0 Å². The monoisotopic (exact) mass is 421 g/mol. The molecule has 1 saturated heterocycles. The number of rotatable bonds is 5. The van der Waals surface area contributed by atoms with Crippen molar-refractivity contribution in [3.8, 4) is 0 Å². The summed E-state index contributed by atoms with van der Waals surface area (Å²) in [6.45, 7) is 10.2. The van der Waals surface area contributed by atoms with E-state index in [0.717, 1.165) is 39.2 Å². The van der Waals surface area contributed by atoms with Crippen molar-refractivity contribution in [1.82, 2.24) is 4.90 Å². The number of nitrogens with zero attached hydrogens (tertiary/aromatic N) is 2. The summed E-state index contributed by atoms with van der Waals surface area (Å²) in [5.41, 5.74) is 6.91. The second-order valence-electron chi connectivity index (χ2n) is 8.64. The highest BCUT2D eigenvalue weighted by Crippen LogP contribution is 2.30. The Hall–Kier alpha value is -3.15. The summed E-state index contributed by atoms with van der Waals surface area (Å²) in [6, 6.07) is 9.88. The van der Waals surface area contributed by atoms with Gasteiger partial charge in [-0.15, -0.1) is 0 Å². The van der Waals surface area contributed by atoms with Crippen LogP contribution in [0.25, 0.3) is 0 Å². The highest BCUT2D eigenvalue weighted by atomic mass is 16.2. The first-order chi connectivity index (χ1) is 14.6. The van der Waals surface area contributed by atoms with Crippen molar-refractivity contribution in [3.63, 3.8) is 0 Å². The number of nitrogens with one attached hydrogen (secondary N) is 1. The van der Waals surface area contributed by atoms with E-state index >= 15 is 0 Å². The third-order valence-corrected chi connectivity index (χ3v) is 6.04. The van der Waals surface area contributed by atoms with Crippen LogP contribution in [0.5, 0.6) is 0 Å². The Bertz CT molecular complexity index is 1020. The topological polar surface area (TPSA) is 69.7 Å². The molecular formula is C25H31N3O3. The lowest BCUT2D eigenvalue weighted by Gasteiger charge is -2.23. The molecule has 1 unspecified atom stereocenters. The standard InChI is InChI=1S/C25H31N3O3/c1-15-10-17(3)24(18(4)11-15)26-22(29)14-27(6)25(31)20-12-23(30)28(13-20)21-9-7-8-16(2)19(21)5/h7-11,20H,12-14H2,1-6H3,(H,26,29). The van der Waals surface area contributed by atoms with Crippen molar-refractivity contribution in [2.45, 2.75) is 41.0 Å². The zero-order chi connectivity index (χ0) is 22.9. The molecular weight excluding hydrogens is 390 g/mol. The fourth-order valence-corrected chi connectivity index (χ4v) is 4.29. The van der Waals surface area contributed by atoms with Crippen LogP contribution in [-0.4, -0.2) is 42.8 Å². The number of hydrogen-bond acceptors (Lipinski definition) is 3. The van der Waals surface area contributed by atoms with Gasteiger partial charge in [-0.1, -0.05) is 29.8 Å². The first kappa shape index (κ1) is 22.5. The Kier molecular flexibility index (Phi) is 6.48. The minimum atomic E-state index is -0.451. The number of anilines is 2. The van der Waals surface area contributed by atoms with E-state index in [-0.39, 0.29) is 30.7 Å². The van der Waals surface area contributed by atoms with E-state index in [1.165, 1.54) is 4.90 Å². The predicted molar refractivity (Wildman–Crippen MR) is 123 cm³/mol. The molecule has 3 amide bonds. The maximum Gasteiger partial charge on any atom is 0.243 e. The number of hydrogen-bond donors (Lipinski definition) is 1. The van der Waals surface area contributed by atoms with Crippen LogP contribution in [-0.2, 0) is 14.4 Å². The number of likely N-dealkylation sites (N-methyl/N-ethyl adjacent to an activating group) is 1. The van der Waals surface area contributed by atoms with Crippen LogP contribution >= 0.6 is 0 Å². The zero-order valence-corrected chi connectivity index (χ0v) is 19.2. The van der Waals surface area contributed by atoms with E-state index in [0.29, 0.717) is 6.54 Å². The summed E-state index contributed by atoms with van der Waals surface area (Å²) in [6.07, 6.45) is 0.161. The fourth-order valence-electron chi connectivity index (χ4n) is 4.29. The molecule has 0 radical (unpaired) electrons. The molecule has 0 aliphatic carbocycles. The Balaban J connectivity index is 1.65. The summed E-state index contributed by atoms with van der Waals surface area (Å²) in [7, 11) is 1.61. The average molecular weight is 422 g/mol. The molecule has 1 heterocycles. The normalized spacial score (nSPS) is 15.9. The van der Waals surface area contributed by atoms with Crippen molar-refractivity contribution < 1.29 is 14.4 Å². The van der Waals surface area contributed by atoms with Crippen LogP contribution < -0.4 is 10.2 Å². The predicted octanol–water partition coefficient (Wildman–Crippen LogP) is 3.68. The van der Waals surface area contributed by atoms with Crippen LogP contribution in [0.3, 0.4) is 0 Å². The van der Waals surface area contributed by atoms with Gasteiger partial charge in [-0.3, -0.25) is 14.4 Å². The van der Waals surface area contributed by atoms with Gasteiger partial charge in [0.1, 0.15) is 0 Å². The maximum atomic E-state index is 13.0. The summed E-state index contributed by atoms with van der Waals surface area (Å²) in [4.78, 5) is 41.3. The third-order valence-electron chi connectivity index (χ3n) is 6.04. The van der Waals surface area contributed by atoms with Gasteiger partial charge in [0.15, 0.2) is 0 Å². The second kappa shape index (κ2) is 8.92. The lowest BCUT2D eigenvalue weighted by atomic mass is 10.0. The first-order valence-corrected chi connectivity index (χ1v) is 10.6. The van der Waals surface area contributed by atoms with E-state index in [4.69, 9.17) is 0 Å². The van der Waals surface area contributed by atoms with Gasteiger partial charge in [0.25, 0.3) is 0 Å². The van der Waals surface area contributed by atoms with Gasteiger partial charge in [-0.2, -0.15) is 0 Å². The smallest absolute Gasteiger partial charge is 0.243 e. The van der Waals surface area contributed by atoms with Crippen molar-refractivity contribution in [2.75, 3.05) is 30.4 Å². The van der Waals surface area contributed by atoms with Crippen LogP contribution in [0, 0.1) is 40.5 Å². The Morgan fingerprint density at radius 2 is 1.71 bits per heavy atom. The minimum Gasteiger partial charge on any atom is -0.336 e. The fraction of sp³-hybridized carbons (Fsp3) is 0.400. The number of aryl methyl sites for hydroxylation is 4. The summed E-state index contributed by atoms with van der Waals surface area (Å²) >= 11 is 0. The van der Waals surface area contributed by atoms with E-state index in [2.05, 4.69) is 5.32 Å². The van der Waals surface area contributed by atoms with Gasteiger partial charge in [-0.05, 0) is 62.9 Å². The molecule has 0 bridgehead atoms. The van der Waals surface area contributed by atoms with Gasteiger partial charge in [0, 0.05) is 31.4 Å². The molecule has 1 aliphatic heterocycles. The van der Waals surface area contributed by atoms with E-state index in [1.807, 2.05) is 65.0 Å². The van der Waals surface area contributed by atoms with E-state index in [9.17, 15) is 14.4 Å². The molecule has 0 aromatic heterocycles. The number of carbonyl (C=O) groups is 3. The Morgan fingerprint density at radius 1 is 1.06 bits per heavy atom. The van der Waals surface area contributed by atoms with Crippen molar-refractivity contribution in [3.05, 3.63) is 58.1 Å². The molecule has 0 saturated carbocycles. The summed E-state index contributed by atoms with van der Waals surface area (Å²) in [5, 5.41) is 2.93. The average Bonchev–Trinajstić information content (AvgIpc) is 3.07. The molecule has 6 heteroatoms. The molecule has 3 rings (SSSR count). The quantitative estimate of drug-likeness (QED) is 0.801. The molecule has 2 aromatic rings. The van der Waals surface area contributed by atoms with E-state index in [1.54, 1.807) is 11.9 Å². The van der Waals surface area contributed by atoms with Gasteiger partial charge >= 0.3 is 0 Å². The largest absolute Gasteiger partial charge is 0.336 e. The third kappa shape index (κ3) is 4.79. The van der Waals surface area contributed by atoms with Crippen LogP contribution in [0.1, 0.15) is 34.2 Å². The molecule has 1 aliphatic rings. The zero-order valence-electron chi connectivity index (χ0n) is 19.2. The maximum absolute atomic E-state index is 13.0. The van der Waals surface area contributed by atoms with Gasteiger partial charge < -0.3 is 15.1 Å². The number of carbonyl (C=O) groups excluding carboxylic acids is 3. The molecule has 6 nitrogen and oxygen atoms in total. The molecule has 31 heavy (non-hydrogen) atoms. The highest BCUT2D eigenvalue weighted by Gasteiger charge is 2.37. The van der Waals surface area contributed by atoms with E-state index < -0.39 is 5.92 Å². The highest BCUT2D eigenvalue weighted by molar-refractivity contribution is 6.02. The van der Waals surface area contributed by atoms with Gasteiger partial charge in [0.2, 0.25) is 17.7 Å². The lowest BCUT2D eigenvalue weighted by Crippen LogP contribution is -2.39. The number of amides is 3. The first-order valence-electron chi connectivity index (χ1n) is 10.6. The summed E-state index contributed by atoms with van der Waals surface area (Å²) < 4.78 is 0. The summed E-state index contributed by atoms with van der Waals surface area (Å²) in [5.74, 6) is -0.945. The SMILES string of the molecule is Cc1cc(C)c(NC(=O)CN(C)C(=O)C2CC(=O)N(c3cccc(C)c3C)C2)c(C)c1. The molecule has 2 aromatic carbocycles. The molecule has 1 N–H and O–H groups in total. The van der Waals surface area contributed by atoms with Crippen molar-refractivity contribution >= 4 is 29.1 Å². The van der Waals surface area contributed by atoms with Gasteiger partial charge in [0.05, 0.1) is 12.5 Å². The molecule has 164 valence electrons. The molecule has 1 fully saturated rings. The van der Waals surface area contributed by atoms with Gasteiger partial charge in [-0.25, -0.2) is 0 Å². The molecule has 1 atom stereocenters. The second-order valence-corrected chi connectivity index (χ2v) is 8.64. The minimum absolute atomic E-state index is 0.0558. The molecule has 0 spiro atoms. The van der Waals surface area contributed by atoms with Crippen LogP contribution in [0.4, 0.5) is 11.4 Å². The van der Waals surface area contributed by atoms with Crippen molar-refractivity contribution in [1.29, 1.82) is 0 Å². The lowest BCUT2D eigenvalue weighted by molar-refractivity contribution is -0.137. The van der Waals surface area contributed by atoms with Crippen LogP contribution in [0.15, 0.2) is 30.3 Å². The Morgan fingerprint density at radius 3 is 2.35 bits per heavy atom.